The van der Waals surface area contributed by atoms with Crippen LogP contribution in [0.3, 0.4) is 0 Å². The molecule has 4 rings (SSSR count). The van der Waals surface area contributed by atoms with Gasteiger partial charge in [0, 0.05) is 31.7 Å². The molecule has 1 saturated heterocycles. The number of likely N-dealkylation sites (tertiary alicyclic amines) is 1. The topological polar surface area (TPSA) is 67.6 Å². The van der Waals surface area contributed by atoms with E-state index in [0.717, 1.165) is 43.6 Å². The van der Waals surface area contributed by atoms with Gasteiger partial charge in [0.1, 0.15) is 6.33 Å². The van der Waals surface area contributed by atoms with Crippen molar-refractivity contribution in [2.75, 3.05) is 26.7 Å². The number of aliphatic imine (C=N–C) groups is 1. The highest BCUT2D eigenvalue weighted by atomic mass is 127. The monoisotopic (exact) mass is 532 g/mol. The molecule has 3 aromatic rings. The molecule has 8 heteroatoms. The number of aromatic nitrogens is 3. The Hall–Kier alpha value is -2.46. The molecule has 1 aliphatic heterocycles. The van der Waals surface area contributed by atoms with Crippen LogP contribution in [-0.2, 0) is 17.9 Å². The number of benzene rings is 2. The number of hydrogen-bond acceptors (Lipinski definition) is 4. The summed E-state index contributed by atoms with van der Waals surface area (Å²) in [5.74, 6) is 2.26. The zero-order valence-corrected chi connectivity index (χ0v) is 20.1. The summed E-state index contributed by atoms with van der Waals surface area (Å²) in [5, 5.41) is 11.8. The van der Waals surface area contributed by atoms with Crippen molar-refractivity contribution in [2.45, 2.75) is 19.6 Å². The zero-order valence-electron chi connectivity index (χ0n) is 17.7. The van der Waals surface area contributed by atoms with E-state index in [1.54, 1.807) is 6.33 Å². The number of nitrogens with zero attached hydrogens (tertiary/aromatic N) is 5. The van der Waals surface area contributed by atoms with Crippen LogP contribution in [0.25, 0.3) is 5.69 Å². The van der Waals surface area contributed by atoms with Gasteiger partial charge in [-0.3, -0.25) is 9.56 Å². The van der Waals surface area contributed by atoms with Crippen LogP contribution >= 0.6 is 24.0 Å². The van der Waals surface area contributed by atoms with E-state index in [1.807, 2.05) is 60.1 Å². The summed E-state index contributed by atoms with van der Waals surface area (Å²) in [7, 11) is 1.82. The number of ether oxygens (including phenoxy) is 1. The lowest BCUT2D eigenvalue weighted by Gasteiger charge is -2.21. The molecule has 2 aromatic carbocycles. The van der Waals surface area contributed by atoms with E-state index in [4.69, 9.17) is 4.74 Å². The predicted molar refractivity (Wildman–Crippen MR) is 133 cm³/mol. The molecular weight excluding hydrogens is 503 g/mol. The van der Waals surface area contributed by atoms with Crippen LogP contribution in [0.1, 0.15) is 17.8 Å². The van der Waals surface area contributed by atoms with Crippen LogP contribution in [0.5, 0.6) is 0 Å². The van der Waals surface area contributed by atoms with Crippen LogP contribution in [0, 0.1) is 5.92 Å². The summed E-state index contributed by atoms with van der Waals surface area (Å²) in [6.07, 6.45) is 2.85. The van der Waals surface area contributed by atoms with E-state index >= 15 is 0 Å². The lowest BCUT2D eigenvalue weighted by molar-refractivity contribution is 0.0906. The van der Waals surface area contributed by atoms with Crippen molar-refractivity contribution in [1.82, 2.24) is 25.0 Å². The number of nitrogens with one attached hydrogen (secondary N) is 1. The van der Waals surface area contributed by atoms with Gasteiger partial charge in [0.05, 0.1) is 19.8 Å². The highest BCUT2D eigenvalue weighted by Gasteiger charge is 2.25. The second kappa shape index (κ2) is 11.8. The van der Waals surface area contributed by atoms with Gasteiger partial charge in [-0.15, -0.1) is 34.2 Å². The van der Waals surface area contributed by atoms with Gasteiger partial charge in [-0.2, -0.15) is 0 Å². The third-order valence-electron chi connectivity index (χ3n) is 5.32. The first-order valence-electron chi connectivity index (χ1n) is 10.3. The molecule has 1 aromatic heterocycles. The number of halogens is 1. The fourth-order valence-corrected chi connectivity index (χ4v) is 3.75. The van der Waals surface area contributed by atoms with Crippen molar-refractivity contribution in [3.63, 3.8) is 0 Å². The van der Waals surface area contributed by atoms with Crippen LogP contribution in [0.2, 0.25) is 0 Å². The van der Waals surface area contributed by atoms with E-state index in [2.05, 4.69) is 37.5 Å². The first-order chi connectivity index (χ1) is 14.8. The SMILES string of the molecule is CN=C(NCc1nncn1-c1ccccc1)N1CCC(COCc2ccccc2)C1.I. The summed E-state index contributed by atoms with van der Waals surface area (Å²) in [6, 6.07) is 20.4. The van der Waals surface area contributed by atoms with Crippen molar-refractivity contribution in [2.24, 2.45) is 10.9 Å². The molecule has 1 aliphatic rings. The van der Waals surface area contributed by atoms with E-state index < -0.39 is 0 Å². The van der Waals surface area contributed by atoms with Crippen molar-refractivity contribution in [3.05, 3.63) is 78.4 Å². The molecule has 0 aliphatic carbocycles. The van der Waals surface area contributed by atoms with Gasteiger partial charge in [0.25, 0.3) is 0 Å². The van der Waals surface area contributed by atoms with Crippen molar-refractivity contribution in [3.8, 4) is 5.69 Å². The molecule has 0 saturated carbocycles. The average molecular weight is 532 g/mol. The molecule has 164 valence electrons. The van der Waals surface area contributed by atoms with E-state index in [9.17, 15) is 0 Å². The van der Waals surface area contributed by atoms with E-state index in [0.29, 0.717) is 19.1 Å². The van der Waals surface area contributed by atoms with Gasteiger partial charge < -0.3 is 15.0 Å². The summed E-state index contributed by atoms with van der Waals surface area (Å²) < 4.78 is 7.93. The Kier molecular flexibility index (Phi) is 8.84. The minimum Gasteiger partial charge on any atom is -0.376 e. The maximum Gasteiger partial charge on any atom is 0.194 e. The van der Waals surface area contributed by atoms with Crippen LogP contribution in [0.4, 0.5) is 0 Å². The average Bonchev–Trinajstić information content (AvgIpc) is 3.46. The zero-order chi connectivity index (χ0) is 20.6. The smallest absolute Gasteiger partial charge is 0.194 e. The summed E-state index contributed by atoms with van der Waals surface area (Å²) in [5.41, 5.74) is 2.26. The molecule has 7 nitrogen and oxygen atoms in total. The molecule has 0 radical (unpaired) electrons. The lowest BCUT2D eigenvalue weighted by Crippen LogP contribution is -2.40. The maximum absolute atomic E-state index is 5.94. The van der Waals surface area contributed by atoms with Crippen LogP contribution in [0.15, 0.2) is 72.0 Å². The number of rotatable bonds is 7. The van der Waals surface area contributed by atoms with Gasteiger partial charge >= 0.3 is 0 Å². The maximum atomic E-state index is 5.94. The molecule has 1 atom stereocenters. The largest absolute Gasteiger partial charge is 0.376 e. The van der Waals surface area contributed by atoms with E-state index in [1.165, 1.54) is 5.56 Å². The Labute approximate surface area is 200 Å². The second-order valence-electron chi connectivity index (χ2n) is 7.45. The Morgan fingerprint density at radius 3 is 2.61 bits per heavy atom. The third-order valence-corrected chi connectivity index (χ3v) is 5.32. The van der Waals surface area contributed by atoms with Gasteiger partial charge in [0.2, 0.25) is 0 Å². The Bertz CT molecular complexity index is 947. The molecule has 0 amide bonds. The van der Waals surface area contributed by atoms with Gasteiger partial charge in [0.15, 0.2) is 11.8 Å². The highest BCUT2D eigenvalue weighted by Crippen LogP contribution is 2.17. The van der Waals surface area contributed by atoms with Gasteiger partial charge in [-0.1, -0.05) is 48.5 Å². The molecule has 31 heavy (non-hydrogen) atoms. The fraction of sp³-hybridized carbons (Fsp3) is 0.348. The second-order valence-corrected chi connectivity index (χ2v) is 7.45. The molecule has 1 fully saturated rings. The van der Waals surface area contributed by atoms with Crippen LogP contribution in [-0.4, -0.2) is 52.4 Å². The molecule has 2 heterocycles. The van der Waals surface area contributed by atoms with Gasteiger partial charge in [-0.05, 0) is 24.1 Å². The lowest BCUT2D eigenvalue weighted by atomic mass is 10.1. The quantitative estimate of drug-likeness (QED) is 0.287. The minimum absolute atomic E-state index is 0. The number of guanidine groups is 1. The Balaban J connectivity index is 0.00000272. The van der Waals surface area contributed by atoms with Crippen molar-refractivity contribution < 1.29 is 4.74 Å². The number of para-hydroxylation sites is 1. The Morgan fingerprint density at radius 2 is 1.87 bits per heavy atom. The van der Waals surface area contributed by atoms with Crippen molar-refractivity contribution in [1.29, 1.82) is 0 Å². The third kappa shape index (κ3) is 6.27. The first kappa shape index (κ1) is 23.2. The predicted octanol–water partition coefficient (Wildman–Crippen LogP) is 3.50. The van der Waals surface area contributed by atoms with E-state index in [-0.39, 0.29) is 24.0 Å². The molecule has 1 unspecified atom stereocenters. The summed E-state index contributed by atoms with van der Waals surface area (Å²) in [4.78, 5) is 6.76. The Morgan fingerprint density at radius 1 is 1.13 bits per heavy atom. The van der Waals surface area contributed by atoms with Crippen LogP contribution < -0.4 is 5.32 Å². The van der Waals surface area contributed by atoms with Crippen molar-refractivity contribution >= 4 is 29.9 Å². The normalized spacial score (nSPS) is 16.2. The number of hydrogen-bond donors (Lipinski definition) is 1. The van der Waals surface area contributed by atoms with Gasteiger partial charge in [-0.25, -0.2) is 0 Å². The molecule has 0 spiro atoms. The minimum atomic E-state index is 0. The molecule has 0 bridgehead atoms. The first-order valence-corrected chi connectivity index (χ1v) is 10.3. The standard InChI is InChI=1S/C23H28N6O.HI/c1-24-23(25-14-22-27-26-18-29(22)21-10-6-3-7-11-21)28-13-12-20(15-28)17-30-16-19-8-4-2-5-9-19;/h2-11,18,20H,12-17H2,1H3,(H,24,25);1H. The fourth-order valence-electron chi connectivity index (χ4n) is 3.75. The summed E-state index contributed by atoms with van der Waals surface area (Å²) >= 11 is 0. The summed E-state index contributed by atoms with van der Waals surface area (Å²) in [6.45, 7) is 3.92. The molecular formula is C23H29IN6O. The highest BCUT2D eigenvalue weighted by molar-refractivity contribution is 14.0. The molecule has 1 N–H and O–H groups in total.